The van der Waals surface area contributed by atoms with Gasteiger partial charge in [0.2, 0.25) is 15.9 Å². The lowest BCUT2D eigenvalue weighted by Crippen LogP contribution is -2.59. The van der Waals surface area contributed by atoms with Crippen LogP contribution in [0.1, 0.15) is 55.7 Å². The molecule has 2 heterocycles. The van der Waals surface area contributed by atoms with Crippen molar-refractivity contribution in [2.75, 3.05) is 6.54 Å². The molecule has 2 aromatic carbocycles. The van der Waals surface area contributed by atoms with Crippen LogP contribution in [0.15, 0.2) is 64.9 Å². The molecule has 12 heteroatoms. The predicted octanol–water partition coefficient (Wildman–Crippen LogP) is 7.00. The normalized spacial score (nSPS) is 23.9. The maximum absolute atomic E-state index is 14.5. The van der Waals surface area contributed by atoms with E-state index in [2.05, 4.69) is 4.72 Å². The Kier molecular flexibility index (Phi) is 8.77. The quantitative estimate of drug-likeness (QED) is 0.245. The molecule has 0 spiro atoms. The summed E-state index contributed by atoms with van der Waals surface area (Å²) in [7, 11) is -3.89. The molecule has 2 N–H and O–H groups in total. The van der Waals surface area contributed by atoms with E-state index in [1.54, 1.807) is 30.0 Å². The van der Waals surface area contributed by atoms with Gasteiger partial charge in [0.15, 0.2) is 0 Å². The first-order valence-electron chi connectivity index (χ1n) is 13.2. The number of sulfonamides is 1. The van der Waals surface area contributed by atoms with Gasteiger partial charge >= 0.3 is 5.97 Å². The SMILES string of the molecule is C[C@]1(CC(=O)O)C[C@H](c2cccc(Cl)c2)[C@@H](c2ccc(Cl)cc2)N([C@H](CNS(=O)(=O)c2ccc(Cl)s2)C2CC2)C1=O. The van der Waals surface area contributed by atoms with E-state index in [0.717, 1.165) is 35.3 Å². The highest BCUT2D eigenvalue weighted by Gasteiger charge is 2.54. The largest absolute Gasteiger partial charge is 0.481 e. The van der Waals surface area contributed by atoms with Crippen LogP contribution in [0.5, 0.6) is 0 Å². The lowest BCUT2D eigenvalue weighted by atomic mass is 9.67. The van der Waals surface area contributed by atoms with Crippen LogP contribution in [0.3, 0.4) is 0 Å². The third kappa shape index (κ3) is 6.60. The van der Waals surface area contributed by atoms with Gasteiger partial charge in [-0.05, 0) is 72.7 Å². The number of thiophene rings is 1. The monoisotopic (exact) mass is 654 g/mol. The summed E-state index contributed by atoms with van der Waals surface area (Å²) in [6.45, 7) is 1.66. The minimum absolute atomic E-state index is 0.0240. The minimum atomic E-state index is -3.89. The van der Waals surface area contributed by atoms with Gasteiger partial charge in [0.25, 0.3) is 0 Å². The first-order chi connectivity index (χ1) is 19.4. The molecule has 1 aromatic heterocycles. The van der Waals surface area contributed by atoms with Crippen LogP contribution in [0.4, 0.5) is 0 Å². The van der Waals surface area contributed by atoms with Crippen LogP contribution < -0.4 is 4.72 Å². The number of carboxylic acid groups (broad SMARTS) is 1. The van der Waals surface area contributed by atoms with Crippen molar-refractivity contribution in [1.82, 2.24) is 9.62 Å². The number of halogens is 3. The molecule has 5 rings (SSSR count). The zero-order chi connectivity index (χ0) is 29.5. The number of hydrogen-bond donors (Lipinski definition) is 2. The van der Waals surface area contributed by atoms with Gasteiger partial charge in [0.05, 0.1) is 22.2 Å². The van der Waals surface area contributed by atoms with Crippen LogP contribution in [-0.2, 0) is 19.6 Å². The third-order valence-electron chi connectivity index (χ3n) is 7.95. The number of carboxylic acids is 1. The lowest BCUT2D eigenvalue weighted by molar-refractivity contribution is -0.161. The van der Waals surface area contributed by atoms with Crippen LogP contribution in [0.2, 0.25) is 14.4 Å². The highest BCUT2D eigenvalue weighted by atomic mass is 35.5. The summed E-state index contributed by atoms with van der Waals surface area (Å²) in [6, 6.07) is 16.6. The summed E-state index contributed by atoms with van der Waals surface area (Å²) < 4.78 is 29.5. The Balaban J connectivity index is 1.62. The molecule has 2 aliphatic rings. The number of likely N-dealkylation sites (tertiary alicyclic amines) is 1. The standard InChI is InChI=1S/C29H29Cl3N2O5S2/c1-29(15-25(35)36)14-22(19-3-2-4-21(31)13-19)27(18-7-9-20(30)10-8-18)34(28(29)37)23(17-5-6-17)16-33-41(38,39)26-12-11-24(32)40-26/h2-4,7-13,17,22-23,27,33H,5-6,14-16H2,1H3,(H,35,36)/t22-,23-,27-,29-/m1/s1. The van der Waals surface area contributed by atoms with Gasteiger partial charge < -0.3 is 10.0 Å². The molecule has 41 heavy (non-hydrogen) atoms. The second-order valence-corrected chi connectivity index (χ2v) is 15.6. The molecule has 3 aromatic rings. The summed E-state index contributed by atoms with van der Waals surface area (Å²) in [5.41, 5.74) is 0.466. The second-order valence-electron chi connectivity index (χ2n) is 11.0. The van der Waals surface area contributed by atoms with Gasteiger partial charge in [-0.2, -0.15) is 0 Å². The molecule has 1 amide bonds. The highest BCUT2D eigenvalue weighted by molar-refractivity contribution is 7.91. The molecule has 0 unspecified atom stereocenters. The number of carbonyl (C=O) groups excluding carboxylic acids is 1. The Morgan fingerprint density at radius 3 is 2.37 bits per heavy atom. The minimum Gasteiger partial charge on any atom is -0.481 e. The van der Waals surface area contributed by atoms with E-state index < -0.39 is 33.5 Å². The molecule has 0 radical (unpaired) electrons. The van der Waals surface area contributed by atoms with Gasteiger partial charge in [0.1, 0.15) is 4.21 Å². The van der Waals surface area contributed by atoms with Crippen molar-refractivity contribution < 1.29 is 23.1 Å². The summed E-state index contributed by atoms with van der Waals surface area (Å²) in [6.07, 6.45) is 1.57. The van der Waals surface area contributed by atoms with Crippen LogP contribution in [-0.4, -0.2) is 42.9 Å². The van der Waals surface area contributed by atoms with Crippen molar-refractivity contribution in [3.63, 3.8) is 0 Å². The van der Waals surface area contributed by atoms with E-state index in [9.17, 15) is 23.1 Å². The Hall–Kier alpha value is -2.14. The molecule has 4 atom stereocenters. The number of hydrogen-bond acceptors (Lipinski definition) is 5. The average Bonchev–Trinajstić information content (AvgIpc) is 3.65. The Morgan fingerprint density at radius 1 is 1.07 bits per heavy atom. The molecular weight excluding hydrogens is 627 g/mol. The van der Waals surface area contributed by atoms with E-state index in [1.807, 2.05) is 30.3 Å². The molecule has 1 aliphatic carbocycles. The average molecular weight is 656 g/mol. The van der Waals surface area contributed by atoms with Gasteiger partial charge in [-0.3, -0.25) is 9.59 Å². The topological polar surface area (TPSA) is 104 Å². The Morgan fingerprint density at radius 2 is 1.78 bits per heavy atom. The fourth-order valence-electron chi connectivity index (χ4n) is 5.93. The molecule has 0 bridgehead atoms. The highest BCUT2D eigenvalue weighted by Crippen LogP contribution is 2.54. The number of nitrogens with zero attached hydrogens (tertiary/aromatic N) is 1. The van der Waals surface area contributed by atoms with Crippen molar-refractivity contribution in [1.29, 1.82) is 0 Å². The van der Waals surface area contributed by atoms with Crippen molar-refractivity contribution >= 4 is 68.0 Å². The van der Waals surface area contributed by atoms with Gasteiger partial charge in [-0.25, -0.2) is 13.1 Å². The van der Waals surface area contributed by atoms with Crippen molar-refractivity contribution in [3.8, 4) is 0 Å². The molecule has 7 nitrogen and oxygen atoms in total. The summed E-state index contributed by atoms with van der Waals surface area (Å²) in [5, 5.41) is 10.9. The fraction of sp³-hybridized carbons (Fsp3) is 0.379. The Bertz CT molecular complexity index is 1560. The molecule has 2 fully saturated rings. The zero-order valence-corrected chi connectivity index (χ0v) is 26.0. The molecular formula is C29H29Cl3N2O5S2. The number of carbonyl (C=O) groups is 2. The maximum atomic E-state index is 14.5. The van der Waals surface area contributed by atoms with Crippen molar-refractivity contribution in [3.05, 3.63) is 86.2 Å². The van der Waals surface area contributed by atoms with Crippen LogP contribution >= 0.6 is 46.1 Å². The molecule has 1 saturated heterocycles. The van der Waals surface area contributed by atoms with E-state index in [-0.39, 0.29) is 41.3 Å². The molecule has 1 saturated carbocycles. The van der Waals surface area contributed by atoms with Crippen molar-refractivity contribution in [2.24, 2.45) is 11.3 Å². The predicted molar refractivity (Wildman–Crippen MR) is 161 cm³/mol. The van der Waals surface area contributed by atoms with Gasteiger partial charge in [0, 0.05) is 28.5 Å². The summed E-state index contributed by atoms with van der Waals surface area (Å²) >= 11 is 19.6. The first kappa shape index (κ1) is 30.3. The number of aliphatic carboxylic acids is 1. The third-order valence-corrected chi connectivity index (χ3v) is 11.6. The number of benzene rings is 2. The number of amides is 1. The fourth-order valence-corrected chi connectivity index (χ4v) is 8.83. The van der Waals surface area contributed by atoms with Crippen molar-refractivity contribution in [2.45, 2.75) is 54.8 Å². The molecule has 1 aliphatic heterocycles. The molecule has 218 valence electrons. The summed E-state index contributed by atoms with van der Waals surface area (Å²) in [5.74, 6) is -1.65. The smallest absolute Gasteiger partial charge is 0.304 e. The van der Waals surface area contributed by atoms with Crippen LogP contribution in [0, 0.1) is 11.3 Å². The van der Waals surface area contributed by atoms with E-state index in [1.165, 1.54) is 12.1 Å². The van der Waals surface area contributed by atoms with Crippen LogP contribution in [0.25, 0.3) is 0 Å². The number of nitrogens with one attached hydrogen (secondary N) is 1. The first-order valence-corrected chi connectivity index (χ1v) is 16.6. The van der Waals surface area contributed by atoms with Gasteiger partial charge in [-0.1, -0.05) is 66.0 Å². The Labute approximate surface area is 258 Å². The lowest BCUT2D eigenvalue weighted by Gasteiger charge is -2.52. The zero-order valence-electron chi connectivity index (χ0n) is 22.1. The number of rotatable bonds is 10. The maximum Gasteiger partial charge on any atom is 0.304 e. The number of piperidine rings is 1. The van der Waals surface area contributed by atoms with E-state index >= 15 is 0 Å². The second kappa shape index (κ2) is 11.9. The van der Waals surface area contributed by atoms with E-state index in [0.29, 0.717) is 14.4 Å². The van der Waals surface area contributed by atoms with Gasteiger partial charge in [-0.15, -0.1) is 11.3 Å². The van der Waals surface area contributed by atoms with E-state index in [4.69, 9.17) is 34.8 Å². The summed E-state index contributed by atoms with van der Waals surface area (Å²) in [4.78, 5) is 28.3.